The van der Waals surface area contributed by atoms with Gasteiger partial charge in [-0.1, -0.05) is 12.2 Å². The van der Waals surface area contributed by atoms with Gasteiger partial charge in [0, 0.05) is 19.5 Å². The topological polar surface area (TPSA) is 40.6 Å². The first-order valence-electron chi connectivity index (χ1n) is 3.93. The summed E-state index contributed by atoms with van der Waals surface area (Å²) in [6, 6.07) is -0.246. The zero-order valence-corrected chi connectivity index (χ0v) is 8.12. The highest BCUT2D eigenvalue weighted by atomic mass is 35.5. The van der Waals surface area contributed by atoms with Crippen LogP contribution in [-0.2, 0) is 4.79 Å². The highest BCUT2D eigenvalue weighted by Gasteiger charge is 2.32. The fraction of sp³-hybridized carbons (Fsp3) is 0.500. The van der Waals surface area contributed by atoms with Gasteiger partial charge in [-0.05, 0) is 0 Å². The number of urea groups is 1. The Labute approximate surface area is 81.7 Å². The second kappa shape index (κ2) is 4.28. The molecule has 0 aromatic rings. The van der Waals surface area contributed by atoms with E-state index in [-0.39, 0.29) is 18.5 Å². The van der Waals surface area contributed by atoms with E-state index in [9.17, 15) is 9.59 Å². The summed E-state index contributed by atoms with van der Waals surface area (Å²) in [5.41, 5.74) is 0. The van der Waals surface area contributed by atoms with Gasteiger partial charge >= 0.3 is 6.03 Å². The summed E-state index contributed by atoms with van der Waals surface area (Å²) in [5.74, 6) is 0.234. The maximum Gasteiger partial charge on any atom is 0.327 e. The largest absolute Gasteiger partial charge is 0.327 e. The molecule has 1 saturated heterocycles. The summed E-state index contributed by atoms with van der Waals surface area (Å²) in [7, 11) is 1.60. The number of carbonyl (C=O) groups excluding carboxylic acids is 2. The molecule has 1 heterocycles. The molecule has 1 fully saturated rings. The molecule has 0 atom stereocenters. The van der Waals surface area contributed by atoms with Crippen molar-refractivity contribution in [3.05, 3.63) is 12.2 Å². The molecule has 1 aliphatic rings. The number of hydrogen-bond acceptors (Lipinski definition) is 2. The lowest BCUT2D eigenvalue weighted by Crippen LogP contribution is -2.31. The number of allylic oxidation sites excluding steroid dienone is 1. The second-order valence-electron chi connectivity index (χ2n) is 2.77. The lowest BCUT2D eigenvalue weighted by Gasteiger charge is -2.10. The van der Waals surface area contributed by atoms with Crippen LogP contribution in [0, 0.1) is 0 Å². The average molecular weight is 203 g/mol. The fourth-order valence-electron chi connectivity index (χ4n) is 1.09. The summed E-state index contributed by atoms with van der Waals surface area (Å²) in [5, 5.41) is 0. The molecule has 3 amide bonds. The molecule has 0 N–H and O–H groups in total. The number of carbonyl (C=O) groups is 2. The number of hydrogen-bond donors (Lipinski definition) is 0. The van der Waals surface area contributed by atoms with Gasteiger partial charge in [0.15, 0.2) is 0 Å². The summed E-state index contributed by atoms with van der Waals surface area (Å²) < 4.78 is 0. The van der Waals surface area contributed by atoms with E-state index in [1.165, 1.54) is 9.80 Å². The predicted octanol–water partition coefficient (Wildman–Crippen LogP) is 0.675. The Balaban J connectivity index is 2.54. The third kappa shape index (κ3) is 2.21. The van der Waals surface area contributed by atoms with Gasteiger partial charge in [-0.25, -0.2) is 4.79 Å². The van der Waals surface area contributed by atoms with E-state index >= 15 is 0 Å². The number of alkyl halides is 1. The average Bonchev–Trinajstić information content (AvgIpc) is 2.32. The second-order valence-corrected chi connectivity index (χ2v) is 3.08. The Morgan fingerprint density at radius 3 is 2.62 bits per heavy atom. The van der Waals surface area contributed by atoms with E-state index in [1.807, 2.05) is 0 Å². The standard InChI is InChI=1S/C8H11ClN2O2/c1-10-6-7(12)11(8(10)13)5-3-2-4-9/h2-3H,4-6H2,1H3. The van der Waals surface area contributed by atoms with Crippen LogP contribution in [0.5, 0.6) is 0 Å². The molecule has 0 bridgehead atoms. The first kappa shape index (κ1) is 10.1. The van der Waals surface area contributed by atoms with Crippen molar-refractivity contribution in [3.63, 3.8) is 0 Å². The Bertz CT molecular complexity index is 253. The number of likely N-dealkylation sites (N-methyl/N-ethyl adjacent to an activating group) is 1. The molecule has 0 aromatic heterocycles. The highest BCUT2D eigenvalue weighted by molar-refractivity contribution is 6.18. The van der Waals surface area contributed by atoms with Crippen molar-refractivity contribution in [3.8, 4) is 0 Å². The van der Waals surface area contributed by atoms with Gasteiger partial charge in [-0.2, -0.15) is 0 Å². The normalized spacial score (nSPS) is 18.0. The van der Waals surface area contributed by atoms with E-state index in [4.69, 9.17) is 11.6 Å². The van der Waals surface area contributed by atoms with Crippen molar-refractivity contribution >= 4 is 23.5 Å². The number of halogens is 1. The van der Waals surface area contributed by atoms with Crippen LogP contribution in [0.25, 0.3) is 0 Å². The van der Waals surface area contributed by atoms with Crippen LogP contribution in [0.2, 0.25) is 0 Å². The monoisotopic (exact) mass is 202 g/mol. The third-order valence-electron chi connectivity index (χ3n) is 1.77. The molecule has 0 unspecified atom stereocenters. The van der Waals surface area contributed by atoms with Gasteiger partial charge in [-0.15, -0.1) is 11.6 Å². The molecule has 4 nitrogen and oxygen atoms in total. The number of nitrogens with zero attached hydrogens (tertiary/aromatic N) is 2. The van der Waals surface area contributed by atoms with Crippen molar-refractivity contribution in [2.45, 2.75) is 0 Å². The summed E-state index contributed by atoms with van der Waals surface area (Å²) in [6.07, 6.45) is 3.42. The predicted molar refractivity (Wildman–Crippen MR) is 49.6 cm³/mol. The van der Waals surface area contributed by atoms with Crippen LogP contribution in [0.3, 0.4) is 0 Å². The Hall–Kier alpha value is -1.03. The summed E-state index contributed by atoms with van der Waals surface area (Å²) in [6.45, 7) is 0.488. The zero-order chi connectivity index (χ0) is 9.84. The summed E-state index contributed by atoms with van der Waals surface area (Å²) >= 11 is 5.40. The Morgan fingerprint density at radius 1 is 1.46 bits per heavy atom. The van der Waals surface area contributed by atoms with Gasteiger partial charge in [-0.3, -0.25) is 9.69 Å². The van der Waals surface area contributed by atoms with Crippen molar-refractivity contribution < 1.29 is 9.59 Å². The van der Waals surface area contributed by atoms with Crippen molar-refractivity contribution in [1.29, 1.82) is 0 Å². The van der Waals surface area contributed by atoms with Gasteiger partial charge in [0.1, 0.15) is 6.54 Å². The third-order valence-corrected chi connectivity index (χ3v) is 1.95. The van der Waals surface area contributed by atoms with Gasteiger partial charge in [0.2, 0.25) is 0 Å². The van der Waals surface area contributed by atoms with Gasteiger partial charge < -0.3 is 4.90 Å². The minimum Gasteiger partial charge on any atom is -0.318 e. The minimum atomic E-state index is -0.246. The first-order valence-corrected chi connectivity index (χ1v) is 4.46. The van der Waals surface area contributed by atoms with Crippen LogP contribution in [0.15, 0.2) is 12.2 Å². The molecule has 5 heteroatoms. The summed E-state index contributed by atoms with van der Waals surface area (Å²) in [4.78, 5) is 25.0. The smallest absolute Gasteiger partial charge is 0.318 e. The van der Waals surface area contributed by atoms with E-state index in [2.05, 4.69) is 0 Å². The van der Waals surface area contributed by atoms with Crippen LogP contribution in [0.4, 0.5) is 4.79 Å². The fourth-order valence-corrected chi connectivity index (χ4v) is 1.22. The molecule has 0 saturated carbocycles. The molecule has 0 radical (unpaired) electrons. The lowest BCUT2D eigenvalue weighted by molar-refractivity contribution is -0.124. The molecule has 1 rings (SSSR count). The highest BCUT2D eigenvalue weighted by Crippen LogP contribution is 2.07. The molecule has 72 valence electrons. The SMILES string of the molecule is CN1CC(=O)N(CC=CCCl)C1=O. The van der Waals surface area contributed by atoms with Crippen LogP contribution < -0.4 is 0 Å². The maximum atomic E-state index is 11.3. The van der Waals surface area contributed by atoms with Crippen molar-refractivity contribution in [2.75, 3.05) is 26.0 Å². The Morgan fingerprint density at radius 2 is 2.15 bits per heavy atom. The lowest BCUT2D eigenvalue weighted by atomic mass is 10.4. The van der Waals surface area contributed by atoms with Gasteiger partial charge in [0.25, 0.3) is 5.91 Å². The van der Waals surface area contributed by atoms with Crippen LogP contribution >= 0.6 is 11.6 Å². The Kier molecular flexibility index (Phi) is 3.31. The van der Waals surface area contributed by atoms with E-state index in [1.54, 1.807) is 19.2 Å². The van der Waals surface area contributed by atoms with Crippen molar-refractivity contribution in [1.82, 2.24) is 9.80 Å². The number of imide groups is 1. The van der Waals surface area contributed by atoms with E-state index in [0.29, 0.717) is 12.4 Å². The van der Waals surface area contributed by atoms with E-state index in [0.717, 1.165) is 0 Å². The number of amides is 3. The molecular formula is C8H11ClN2O2. The number of rotatable bonds is 3. The molecule has 0 aromatic carbocycles. The maximum absolute atomic E-state index is 11.3. The molecule has 13 heavy (non-hydrogen) atoms. The van der Waals surface area contributed by atoms with Gasteiger partial charge in [0.05, 0.1) is 0 Å². The van der Waals surface area contributed by atoms with Crippen molar-refractivity contribution in [2.24, 2.45) is 0 Å². The molecular weight excluding hydrogens is 192 g/mol. The minimum absolute atomic E-state index is 0.160. The zero-order valence-electron chi connectivity index (χ0n) is 7.36. The molecule has 1 aliphatic heterocycles. The first-order chi connectivity index (χ1) is 6.16. The quantitative estimate of drug-likeness (QED) is 0.384. The van der Waals surface area contributed by atoms with Crippen LogP contribution in [0.1, 0.15) is 0 Å². The molecule has 0 aliphatic carbocycles. The van der Waals surface area contributed by atoms with Crippen LogP contribution in [-0.4, -0.2) is 47.8 Å². The molecule has 0 spiro atoms. The van der Waals surface area contributed by atoms with E-state index < -0.39 is 0 Å².